The molecule has 3 rings (SSSR count). The van der Waals surface area contributed by atoms with Gasteiger partial charge in [0.05, 0.1) is 12.6 Å². The molecule has 0 fully saturated rings. The predicted octanol–water partition coefficient (Wildman–Crippen LogP) is 4.23. The molecule has 3 aromatic rings. The van der Waals surface area contributed by atoms with E-state index in [9.17, 15) is 0 Å². The molecule has 0 aliphatic rings. The molecule has 1 N–H and O–H groups in total. The Morgan fingerprint density at radius 1 is 0.958 bits per heavy atom. The molecule has 0 atom stereocenters. The zero-order valence-electron chi connectivity index (χ0n) is 14.3. The first-order valence-electron chi connectivity index (χ1n) is 8.18. The summed E-state index contributed by atoms with van der Waals surface area (Å²) in [5.41, 5.74) is 1.86. The average Bonchev–Trinajstić information content (AvgIpc) is 2.63. The molecule has 0 saturated heterocycles. The topological polar surface area (TPSA) is 50.3 Å². The molecule has 0 aliphatic heterocycles. The third kappa shape index (κ3) is 3.25. The number of hydrogen-bond donors (Lipinski definition) is 1. The molecule has 24 heavy (non-hydrogen) atoms. The van der Waals surface area contributed by atoms with E-state index in [2.05, 4.69) is 35.1 Å². The van der Waals surface area contributed by atoms with Gasteiger partial charge in [-0.1, -0.05) is 12.1 Å². The second-order valence-corrected chi connectivity index (χ2v) is 5.41. The van der Waals surface area contributed by atoms with E-state index in [0.29, 0.717) is 5.95 Å². The van der Waals surface area contributed by atoms with Crippen LogP contribution in [-0.4, -0.2) is 30.2 Å². The van der Waals surface area contributed by atoms with E-state index in [-0.39, 0.29) is 0 Å². The van der Waals surface area contributed by atoms with Gasteiger partial charge in [0.2, 0.25) is 5.95 Å². The molecule has 1 heterocycles. The second kappa shape index (κ2) is 7.17. The molecule has 2 aromatic carbocycles. The molecule has 0 spiro atoms. The highest BCUT2D eigenvalue weighted by Crippen LogP contribution is 2.26. The molecule has 1 aromatic heterocycles. The summed E-state index contributed by atoms with van der Waals surface area (Å²) in [5.74, 6) is 2.38. The molecule has 0 aliphatic carbocycles. The third-order valence-corrected chi connectivity index (χ3v) is 3.99. The zero-order valence-corrected chi connectivity index (χ0v) is 14.3. The van der Waals surface area contributed by atoms with Gasteiger partial charge in [0.15, 0.2) is 0 Å². The Kier molecular flexibility index (Phi) is 4.79. The highest BCUT2D eigenvalue weighted by Gasteiger charge is 2.12. The smallest absolute Gasteiger partial charge is 0.229 e. The van der Waals surface area contributed by atoms with E-state index in [1.807, 2.05) is 42.5 Å². The minimum atomic E-state index is 0.598. The Morgan fingerprint density at radius 2 is 1.67 bits per heavy atom. The van der Waals surface area contributed by atoms with Crippen LogP contribution < -0.4 is 15.0 Å². The van der Waals surface area contributed by atoms with Crippen molar-refractivity contribution in [3.8, 4) is 5.75 Å². The van der Waals surface area contributed by atoms with Crippen LogP contribution in [0, 0.1) is 0 Å². The van der Waals surface area contributed by atoms with Crippen LogP contribution in [0.25, 0.3) is 10.9 Å². The fourth-order valence-corrected chi connectivity index (χ4v) is 2.68. The molecular formula is C19H22N4O. The fourth-order valence-electron chi connectivity index (χ4n) is 2.68. The molecule has 5 nitrogen and oxygen atoms in total. The molecule has 0 unspecified atom stereocenters. The van der Waals surface area contributed by atoms with E-state index in [1.165, 1.54) is 0 Å². The van der Waals surface area contributed by atoms with Gasteiger partial charge in [-0.05, 0) is 50.2 Å². The van der Waals surface area contributed by atoms with Crippen LogP contribution in [0.3, 0.4) is 0 Å². The lowest BCUT2D eigenvalue weighted by Crippen LogP contribution is -2.23. The van der Waals surface area contributed by atoms with Gasteiger partial charge >= 0.3 is 0 Å². The summed E-state index contributed by atoms with van der Waals surface area (Å²) in [5, 5.41) is 4.36. The molecule has 124 valence electrons. The van der Waals surface area contributed by atoms with E-state index in [1.54, 1.807) is 7.11 Å². The average molecular weight is 322 g/mol. The molecular weight excluding hydrogens is 300 g/mol. The van der Waals surface area contributed by atoms with Gasteiger partial charge in [0, 0.05) is 24.2 Å². The number of para-hydroxylation sites is 1. The minimum Gasteiger partial charge on any atom is -0.497 e. The Balaban J connectivity index is 2.01. The summed E-state index contributed by atoms with van der Waals surface area (Å²) >= 11 is 0. The maximum Gasteiger partial charge on any atom is 0.229 e. The normalized spacial score (nSPS) is 10.6. The number of anilines is 3. The maximum absolute atomic E-state index is 5.19. The van der Waals surface area contributed by atoms with Crippen molar-refractivity contribution >= 4 is 28.4 Å². The number of hydrogen-bond acceptors (Lipinski definition) is 5. The molecule has 0 radical (unpaired) electrons. The first kappa shape index (κ1) is 16.1. The van der Waals surface area contributed by atoms with Gasteiger partial charge in [-0.2, -0.15) is 4.98 Å². The van der Waals surface area contributed by atoms with Gasteiger partial charge in [-0.25, -0.2) is 4.98 Å². The molecule has 5 heteroatoms. The van der Waals surface area contributed by atoms with Crippen LogP contribution in [0.15, 0.2) is 48.5 Å². The summed E-state index contributed by atoms with van der Waals surface area (Å²) in [7, 11) is 1.66. The van der Waals surface area contributed by atoms with Gasteiger partial charge in [0.1, 0.15) is 11.6 Å². The van der Waals surface area contributed by atoms with Crippen molar-refractivity contribution in [2.24, 2.45) is 0 Å². The van der Waals surface area contributed by atoms with Crippen molar-refractivity contribution in [3.05, 3.63) is 48.5 Å². The Morgan fingerprint density at radius 3 is 2.33 bits per heavy atom. The highest BCUT2D eigenvalue weighted by atomic mass is 16.5. The van der Waals surface area contributed by atoms with Crippen molar-refractivity contribution in [2.75, 3.05) is 30.4 Å². The fraction of sp³-hybridized carbons (Fsp3) is 0.263. The number of nitrogens with one attached hydrogen (secondary N) is 1. The number of nitrogens with zero attached hydrogens (tertiary/aromatic N) is 3. The lowest BCUT2D eigenvalue weighted by atomic mass is 10.2. The van der Waals surface area contributed by atoms with E-state index < -0.39 is 0 Å². The highest BCUT2D eigenvalue weighted by molar-refractivity contribution is 5.90. The first-order chi connectivity index (χ1) is 11.7. The zero-order chi connectivity index (χ0) is 16.9. The third-order valence-electron chi connectivity index (χ3n) is 3.99. The summed E-state index contributed by atoms with van der Waals surface area (Å²) in [6, 6.07) is 15.8. The molecule has 0 saturated carbocycles. The lowest BCUT2D eigenvalue weighted by Gasteiger charge is -2.22. The van der Waals surface area contributed by atoms with Gasteiger partial charge in [-0.3, -0.25) is 0 Å². The van der Waals surface area contributed by atoms with E-state index >= 15 is 0 Å². The number of aromatic nitrogens is 2. The number of ether oxygens (including phenoxy) is 1. The SMILES string of the molecule is CCN(CC)c1nc(Nc2ccc(OC)cc2)nc2ccccc12. The number of methoxy groups -OCH3 is 1. The minimum absolute atomic E-state index is 0.598. The summed E-state index contributed by atoms with van der Waals surface area (Å²) < 4.78 is 5.19. The summed E-state index contributed by atoms with van der Waals surface area (Å²) in [4.78, 5) is 11.6. The van der Waals surface area contributed by atoms with Gasteiger partial charge in [0.25, 0.3) is 0 Å². The van der Waals surface area contributed by atoms with Gasteiger partial charge < -0.3 is 15.0 Å². The van der Waals surface area contributed by atoms with Crippen LogP contribution in [-0.2, 0) is 0 Å². The Bertz CT molecular complexity index is 813. The van der Waals surface area contributed by atoms with Crippen molar-refractivity contribution in [1.82, 2.24) is 9.97 Å². The Hall–Kier alpha value is -2.82. The van der Waals surface area contributed by atoms with Crippen molar-refractivity contribution < 1.29 is 4.74 Å². The predicted molar refractivity (Wildman–Crippen MR) is 99.4 cm³/mol. The molecule has 0 bridgehead atoms. The van der Waals surface area contributed by atoms with Crippen molar-refractivity contribution in [1.29, 1.82) is 0 Å². The van der Waals surface area contributed by atoms with Crippen LogP contribution in [0.4, 0.5) is 17.5 Å². The van der Waals surface area contributed by atoms with Crippen LogP contribution in [0.1, 0.15) is 13.8 Å². The largest absolute Gasteiger partial charge is 0.497 e. The van der Waals surface area contributed by atoms with E-state index in [0.717, 1.165) is 41.2 Å². The van der Waals surface area contributed by atoms with Crippen molar-refractivity contribution in [3.63, 3.8) is 0 Å². The Labute approximate surface area is 142 Å². The number of rotatable bonds is 6. The number of benzene rings is 2. The lowest BCUT2D eigenvalue weighted by molar-refractivity contribution is 0.415. The second-order valence-electron chi connectivity index (χ2n) is 5.41. The quantitative estimate of drug-likeness (QED) is 0.736. The van der Waals surface area contributed by atoms with Crippen LogP contribution in [0.5, 0.6) is 5.75 Å². The first-order valence-corrected chi connectivity index (χ1v) is 8.18. The van der Waals surface area contributed by atoms with Crippen LogP contribution >= 0.6 is 0 Å². The molecule has 0 amide bonds. The maximum atomic E-state index is 5.19. The van der Waals surface area contributed by atoms with Crippen LogP contribution in [0.2, 0.25) is 0 Å². The summed E-state index contributed by atoms with van der Waals surface area (Å²) in [6.45, 7) is 6.08. The van der Waals surface area contributed by atoms with Gasteiger partial charge in [-0.15, -0.1) is 0 Å². The number of fused-ring (bicyclic) bond motifs is 1. The monoisotopic (exact) mass is 322 g/mol. The van der Waals surface area contributed by atoms with Crippen molar-refractivity contribution in [2.45, 2.75) is 13.8 Å². The van der Waals surface area contributed by atoms with E-state index in [4.69, 9.17) is 9.72 Å². The standard InChI is InChI=1S/C19H22N4O/c1-4-23(5-2)18-16-8-6-7-9-17(16)21-19(22-18)20-14-10-12-15(24-3)13-11-14/h6-13H,4-5H2,1-3H3,(H,20,21,22). The summed E-state index contributed by atoms with van der Waals surface area (Å²) in [6.07, 6.45) is 0.